The maximum atomic E-state index is 12.6. The number of ether oxygens (including phenoxy) is 4. The van der Waals surface area contributed by atoms with Crippen molar-refractivity contribution in [3.05, 3.63) is 22.8 Å². The predicted molar refractivity (Wildman–Crippen MR) is 177 cm³/mol. The SMILES string of the molecule is Cc1c(NCC2CC2)nc(C2CC2)nc1OCC(=O)OC(C)(C)C.Cc1c(OCC(=O)OC(C)(C)C)nc(C2CC2)nc1OS(=O)(=O)C(F)(F)F. The molecule has 5 rings (SSSR count). The highest BCUT2D eigenvalue weighted by molar-refractivity contribution is 7.88. The highest BCUT2D eigenvalue weighted by atomic mass is 32.2. The Kier molecular flexibility index (Phi) is 12.0. The zero-order chi connectivity index (χ0) is 37.9. The van der Waals surface area contributed by atoms with Crippen LogP contribution in [0.5, 0.6) is 17.6 Å². The molecule has 0 saturated heterocycles. The first-order valence-corrected chi connectivity index (χ1v) is 18.1. The first-order valence-electron chi connectivity index (χ1n) is 16.7. The fourth-order valence-corrected chi connectivity index (χ4v) is 4.76. The zero-order valence-electron chi connectivity index (χ0n) is 30.1. The van der Waals surface area contributed by atoms with Crippen LogP contribution in [0.4, 0.5) is 19.0 Å². The first kappa shape index (κ1) is 39.8. The van der Waals surface area contributed by atoms with Crippen molar-refractivity contribution in [3.8, 4) is 17.6 Å². The lowest BCUT2D eigenvalue weighted by molar-refractivity contribution is -0.158. The van der Waals surface area contributed by atoms with Gasteiger partial charge < -0.3 is 28.4 Å². The van der Waals surface area contributed by atoms with Gasteiger partial charge in [0.1, 0.15) is 28.7 Å². The van der Waals surface area contributed by atoms with Crippen LogP contribution in [0.1, 0.15) is 115 Å². The van der Waals surface area contributed by atoms with E-state index < -0.39 is 45.3 Å². The highest BCUT2D eigenvalue weighted by Crippen LogP contribution is 2.42. The lowest BCUT2D eigenvalue weighted by Gasteiger charge is -2.20. The average molecular weight is 746 g/mol. The van der Waals surface area contributed by atoms with Crippen molar-refractivity contribution in [2.45, 2.75) is 122 Å². The van der Waals surface area contributed by atoms with Crippen molar-refractivity contribution in [2.75, 3.05) is 25.1 Å². The van der Waals surface area contributed by atoms with Crippen LogP contribution in [0.2, 0.25) is 0 Å². The summed E-state index contributed by atoms with van der Waals surface area (Å²) in [6.45, 7) is 13.9. The first-order chi connectivity index (χ1) is 23.5. The lowest BCUT2D eigenvalue weighted by atomic mass is 10.2. The molecule has 0 atom stereocenters. The molecule has 0 bridgehead atoms. The number of carbonyl (C=O) groups is 2. The Bertz CT molecular complexity index is 1700. The van der Waals surface area contributed by atoms with Gasteiger partial charge in [0.05, 0.1) is 11.1 Å². The highest BCUT2D eigenvalue weighted by Gasteiger charge is 2.49. The maximum absolute atomic E-state index is 12.6. The largest absolute Gasteiger partial charge is 0.534 e. The Morgan fingerprint density at radius 2 is 1.14 bits per heavy atom. The van der Waals surface area contributed by atoms with E-state index in [4.69, 9.17) is 18.9 Å². The molecule has 18 heteroatoms. The van der Waals surface area contributed by atoms with Crippen LogP contribution < -0.4 is 19.0 Å². The van der Waals surface area contributed by atoms with Gasteiger partial charge in [-0.05, 0) is 99.8 Å². The molecule has 0 spiro atoms. The van der Waals surface area contributed by atoms with E-state index in [0.717, 1.165) is 42.5 Å². The van der Waals surface area contributed by atoms with Gasteiger partial charge in [-0.3, -0.25) is 0 Å². The Labute approximate surface area is 295 Å². The molecule has 51 heavy (non-hydrogen) atoms. The third-order valence-electron chi connectivity index (χ3n) is 7.30. The number of aromatic nitrogens is 4. The van der Waals surface area contributed by atoms with E-state index in [-0.39, 0.29) is 35.8 Å². The van der Waals surface area contributed by atoms with Crippen LogP contribution in [-0.4, -0.2) is 76.8 Å². The predicted octanol–water partition coefficient (Wildman–Crippen LogP) is 5.82. The fraction of sp³-hybridized carbons (Fsp3) is 0.697. The molecule has 0 aromatic carbocycles. The van der Waals surface area contributed by atoms with Crippen LogP contribution in [0.3, 0.4) is 0 Å². The van der Waals surface area contributed by atoms with Crippen molar-refractivity contribution >= 4 is 27.9 Å². The van der Waals surface area contributed by atoms with E-state index in [0.29, 0.717) is 24.6 Å². The summed E-state index contributed by atoms with van der Waals surface area (Å²) in [5.41, 5.74) is -6.21. The molecule has 0 radical (unpaired) electrons. The summed E-state index contributed by atoms with van der Waals surface area (Å²) >= 11 is 0. The molecule has 2 aromatic rings. The fourth-order valence-electron chi connectivity index (χ4n) is 4.30. The van der Waals surface area contributed by atoms with E-state index in [1.165, 1.54) is 19.8 Å². The Morgan fingerprint density at radius 3 is 1.55 bits per heavy atom. The standard InChI is InChI=1S/C18H27N3O3.C15H19F3N2O6S/c1-11-15(19-9-12-5-6-12)20-16(13-7-8-13)21-17(11)23-10-14(22)24-18(2,3)4;1-8-12(24-7-10(21)25-14(2,3)4)19-11(9-5-6-9)20-13(8)26-27(22,23)15(16,17)18/h12-13H,5-10H2,1-4H3,(H,19,20,21);9H,5-7H2,1-4H3. The number of hydrogen-bond acceptors (Lipinski definition) is 14. The lowest BCUT2D eigenvalue weighted by Crippen LogP contribution is -2.29. The normalized spacial score (nSPS) is 16.4. The van der Waals surface area contributed by atoms with E-state index in [1.54, 1.807) is 20.8 Å². The van der Waals surface area contributed by atoms with Gasteiger partial charge in [-0.2, -0.15) is 36.5 Å². The molecule has 0 aliphatic heterocycles. The molecule has 0 amide bonds. The van der Waals surface area contributed by atoms with Crippen molar-refractivity contribution in [3.63, 3.8) is 0 Å². The van der Waals surface area contributed by atoms with Crippen molar-refractivity contribution in [2.24, 2.45) is 5.92 Å². The number of esters is 2. The molecular weight excluding hydrogens is 699 g/mol. The quantitative estimate of drug-likeness (QED) is 0.147. The molecule has 2 aromatic heterocycles. The van der Waals surface area contributed by atoms with Gasteiger partial charge >= 0.3 is 27.6 Å². The Hall–Kier alpha value is -3.96. The molecule has 3 fully saturated rings. The Morgan fingerprint density at radius 1 is 0.706 bits per heavy atom. The number of halogens is 3. The van der Waals surface area contributed by atoms with Crippen LogP contribution in [0.15, 0.2) is 0 Å². The third-order valence-corrected chi connectivity index (χ3v) is 8.24. The molecule has 1 N–H and O–H groups in total. The van der Waals surface area contributed by atoms with Crippen molar-refractivity contribution < 1.29 is 54.3 Å². The molecule has 3 saturated carbocycles. The van der Waals surface area contributed by atoms with Gasteiger partial charge in [0.15, 0.2) is 13.2 Å². The number of nitrogens with one attached hydrogen (secondary N) is 1. The molecular formula is C33H46F3N5O9S. The number of anilines is 1. The molecule has 14 nitrogen and oxygen atoms in total. The molecule has 284 valence electrons. The van der Waals surface area contributed by atoms with Gasteiger partial charge in [0, 0.05) is 18.4 Å². The van der Waals surface area contributed by atoms with E-state index in [1.807, 2.05) is 27.7 Å². The Balaban J connectivity index is 0.000000230. The van der Waals surface area contributed by atoms with Crippen LogP contribution in [0, 0.1) is 19.8 Å². The van der Waals surface area contributed by atoms with E-state index in [9.17, 15) is 31.2 Å². The summed E-state index contributed by atoms with van der Waals surface area (Å²) in [4.78, 5) is 40.6. The number of rotatable bonds is 13. The van der Waals surface area contributed by atoms with Crippen LogP contribution >= 0.6 is 0 Å². The summed E-state index contributed by atoms with van der Waals surface area (Å²) in [7, 11) is -5.90. The maximum Gasteiger partial charge on any atom is 0.534 e. The summed E-state index contributed by atoms with van der Waals surface area (Å²) in [6, 6.07) is 0. The smallest absolute Gasteiger partial charge is 0.465 e. The van der Waals surface area contributed by atoms with Gasteiger partial charge in [0.2, 0.25) is 17.6 Å². The minimum Gasteiger partial charge on any atom is -0.465 e. The number of hydrogen-bond donors (Lipinski definition) is 1. The third kappa shape index (κ3) is 12.6. The zero-order valence-corrected chi connectivity index (χ0v) is 30.9. The summed E-state index contributed by atoms with van der Waals surface area (Å²) in [5, 5.41) is 3.42. The summed E-state index contributed by atoms with van der Waals surface area (Å²) in [6.07, 6.45) is 6.20. The second kappa shape index (κ2) is 15.3. The van der Waals surface area contributed by atoms with Gasteiger partial charge in [0.25, 0.3) is 0 Å². The summed E-state index contributed by atoms with van der Waals surface area (Å²) < 4.78 is 85.7. The average Bonchev–Trinajstić information content (AvgIpc) is 3.83. The molecule has 0 unspecified atom stereocenters. The van der Waals surface area contributed by atoms with E-state index in [2.05, 4.69) is 29.4 Å². The minimum atomic E-state index is -5.90. The van der Waals surface area contributed by atoms with E-state index >= 15 is 0 Å². The monoisotopic (exact) mass is 745 g/mol. The van der Waals surface area contributed by atoms with Crippen LogP contribution in [-0.2, 0) is 29.2 Å². The minimum absolute atomic E-state index is 0.0900. The molecule has 3 aliphatic rings. The second-order valence-electron chi connectivity index (χ2n) is 14.8. The van der Waals surface area contributed by atoms with Crippen molar-refractivity contribution in [1.29, 1.82) is 0 Å². The topological polar surface area (TPSA) is 178 Å². The van der Waals surface area contributed by atoms with Crippen LogP contribution in [0.25, 0.3) is 0 Å². The number of nitrogens with zero attached hydrogens (tertiary/aromatic N) is 4. The molecule has 3 aliphatic carbocycles. The molecule has 2 heterocycles. The van der Waals surface area contributed by atoms with Gasteiger partial charge in [-0.1, -0.05) is 0 Å². The second-order valence-corrected chi connectivity index (χ2v) is 16.3. The van der Waals surface area contributed by atoms with Gasteiger partial charge in [-0.15, -0.1) is 0 Å². The van der Waals surface area contributed by atoms with Crippen molar-refractivity contribution in [1.82, 2.24) is 19.9 Å². The number of carbonyl (C=O) groups excluding carboxylic acids is 2. The summed E-state index contributed by atoms with van der Waals surface area (Å²) in [5.74, 6) is 1.13. The number of alkyl halides is 3. The van der Waals surface area contributed by atoms with Gasteiger partial charge in [-0.25, -0.2) is 14.6 Å².